The molecule has 0 spiro atoms. The van der Waals surface area contributed by atoms with Gasteiger partial charge in [0.1, 0.15) is 5.58 Å². The van der Waals surface area contributed by atoms with Crippen LogP contribution in [0, 0.1) is 13.8 Å². The fourth-order valence-electron chi connectivity index (χ4n) is 2.87. The Bertz CT molecular complexity index is 1080. The summed E-state index contributed by atoms with van der Waals surface area (Å²) in [5.41, 5.74) is 3.26. The Kier molecular flexibility index (Phi) is 4.01. The molecule has 0 saturated heterocycles. The van der Waals surface area contributed by atoms with Crippen molar-refractivity contribution >= 4 is 22.6 Å². The number of rotatable bonds is 4. The van der Waals surface area contributed by atoms with Crippen LogP contribution >= 0.6 is 0 Å². The molecular weight excluding hydrogens is 330 g/mol. The summed E-state index contributed by atoms with van der Waals surface area (Å²) in [4.78, 5) is 12.5. The number of benzene rings is 2. The standard InChI is InChI=1S/C20H17N3O3/c1-12-16-5-3-4-6-17(16)26-19(12)20(24)21-15-9-7-14(8-10-15)11-18-23-22-13(2)25-18/h3-10H,11H2,1-2H3,(H,21,24). The molecule has 0 aliphatic heterocycles. The van der Waals surface area contributed by atoms with E-state index < -0.39 is 0 Å². The third kappa shape index (κ3) is 3.09. The lowest BCUT2D eigenvalue weighted by Gasteiger charge is -2.05. The molecule has 0 aliphatic carbocycles. The quantitative estimate of drug-likeness (QED) is 0.596. The van der Waals surface area contributed by atoms with Gasteiger partial charge in [-0.05, 0) is 30.7 Å². The van der Waals surface area contributed by atoms with Crippen LogP contribution < -0.4 is 5.32 Å². The summed E-state index contributed by atoms with van der Waals surface area (Å²) >= 11 is 0. The molecule has 0 radical (unpaired) electrons. The maximum Gasteiger partial charge on any atom is 0.291 e. The van der Waals surface area contributed by atoms with Gasteiger partial charge < -0.3 is 14.2 Å². The Labute approximate surface area is 149 Å². The number of nitrogens with one attached hydrogen (secondary N) is 1. The Morgan fingerprint density at radius 1 is 1.00 bits per heavy atom. The van der Waals surface area contributed by atoms with E-state index in [4.69, 9.17) is 8.83 Å². The van der Waals surface area contributed by atoms with E-state index in [2.05, 4.69) is 15.5 Å². The summed E-state index contributed by atoms with van der Waals surface area (Å²) in [6.07, 6.45) is 0.553. The Morgan fingerprint density at radius 2 is 1.77 bits per heavy atom. The van der Waals surface area contributed by atoms with Crippen molar-refractivity contribution in [1.29, 1.82) is 0 Å². The zero-order valence-corrected chi connectivity index (χ0v) is 14.4. The molecule has 0 fully saturated rings. The van der Waals surface area contributed by atoms with E-state index in [0.29, 0.717) is 35.2 Å². The molecule has 1 amide bonds. The maximum atomic E-state index is 12.5. The topological polar surface area (TPSA) is 81.2 Å². The molecule has 2 heterocycles. The smallest absolute Gasteiger partial charge is 0.291 e. The Hall–Kier alpha value is -3.41. The van der Waals surface area contributed by atoms with Crippen LogP contribution in [-0.2, 0) is 6.42 Å². The van der Waals surface area contributed by atoms with Crippen LogP contribution in [0.4, 0.5) is 5.69 Å². The fraction of sp³-hybridized carbons (Fsp3) is 0.150. The Morgan fingerprint density at radius 3 is 2.46 bits per heavy atom. The second-order valence-corrected chi connectivity index (χ2v) is 6.09. The number of anilines is 1. The monoisotopic (exact) mass is 347 g/mol. The lowest BCUT2D eigenvalue weighted by Crippen LogP contribution is -2.12. The molecule has 2 aromatic carbocycles. The molecule has 6 heteroatoms. The fourth-order valence-corrected chi connectivity index (χ4v) is 2.87. The lowest BCUT2D eigenvalue weighted by molar-refractivity contribution is 0.0998. The van der Waals surface area contributed by atoms with Gasteiger partial charge in [0, 0.05) is 23.6 Å². The van der Waals surface area contributed by atoms with Crippen molar-refractivity contribution in [3.05, 3.63) is 77.2 Å². The number of hydrogen-bond donors (Lipinski definition) is 1. The number of furan rings is 1. The predicted molar refractivity (Wildman–Crippen MR) is 97.2 cm³/mol. The third-order valence-electron chi connectivity index (χ3n) is 4.18. The molecule has 4 rings (SSSR count). The van der Waals surface area contributed by atoms with Crippen molar-refractivity contribution < 1.29 is 13.6 Å². The number of carbonyl (C=O) groups is 1. The third-order valence-corrected chi connectivity index (χ3v) is 4.18. The molecule has 6 nitrogen and oxygen atoms in total. The van der Waals surface area contributed by atoms with Crippen LogP contribution in [-0.4, -0.2) is 16.1 Å². The average molecular weight is 347 g/mol. The van der Waals surface area contributed by atoms with Crippen LogP contribution in [0.25, 0.3) is 11.0 Å². The van der Waals surface area contributed by atoms with Gasteiger partial charge >= 0.3 is 0 Å². The van der Waals surface area contributed by atoms with Gasteiger partial charge in [-0.2, -0.15) is 0 Å². The number of fused-ring (bicyclic) bond motifs is 1. The van der Waals surface area contributed by atoms with Crippen LogP contribution in [0.2, 0.25) is 0 Å². The molecule has 130 valence electrons. The summed E-state index contributed by atoms with van der Waals surface area (Å²) in [5, 5.41) is 11.6. The first-order valence-electron chi connectivity index (χ1n) is 8.27. The van der Waals surface area contributed by atoms with Gasteiger partial charge in [-0.15, -0.1) is 10.2 Å². The number of aromatic nitrogens is 2. The van der Waals surface area contributed by atoms with Crippen molar-refractivity contribution in [2.24, 2.45) is 0 Å². The SMILES string of the molecule is Cc1nnc(Cc2ccc(NC(=O)c3oc4ccccc4c3C)cc2)o1. The molecule has 4 aromatic rings. The van der Waals surface area contributed by atoms with Crippen molar-refractivity contribution in [3.63, 3.8) is 0 Å². The number of nitrogens with zero attached hydrogens (tertiary/aromatic N) is 2. The minimum absolute atomic E-state index is 0.265. The number of carbonyl (C=O) groups excluding carboxylic acids is 1. The molecule has 1 N–H and O–H groups in total. The van der Waals surface area contributed by atoms with Crippen molar-refractivity contribution in [2.75, 3.05) is 5.32 Å². The number of amides is 1. The first kappa shape index (κ1) is 16.1. The minimum Gasteiger partial charge on any atom is -0.451 e. The summed E-state index contributed by atoms with van der Waals surface area (Å²) < 4.78 is 11.1. The van der Waals surface area contributed by atoms with Crippen molar-refractivity contribution in [3.8, 4) is 0 Å². The average Bonchev–Trinajstić information content (AvgIpc) is 3.20. The van der Waals surface area contributed by atoms with E-state index in [9.17, 15) is 4.79 Å². The minimum atomic E-state index is -0.265. The molecule has 0 aliphatic rings. The van der Waals surface area contributed by atoms with Gasteiger partial charge in [0.15, 0.2) is 5.76 Å². The maximum absolute atomic E-state index is 12.5. The van der Waals surface area contributed by atoms with E-state index in [-0.39, 0.29) is 5.91 Å². The van der Waals surface area contributed by atoms with Crippen LogP contribution in [0.15, 0.2) is 57.4 Å². The first-order chi connectivity index (χ1) is 12.6. The van der Waals surface area contributed by atoms with E-state index >= 15 is 0 Å². The number of para-hydroxylation sites is 1. The second-order valence-electron chi connectivity index (χ2n) is 6.09. The summed E-state index contributed by atoms with van der Waals surface area (Å²) in [5.74, 6) is 1.18. The molecule has 0 atom stereocenters. The summed E-state index contributed by atoms with van der Waals surface area (Å²) in [7, 11) is 0. The second kappa shape index (κ2) is 6.48. The highest BCUT2D eigenvalue weighted by atomic mass is 16.4. The molecule has 0 bridgehead atoms. The predicted octanol–water partition coefficient (Wildman–Crippen LogP) is 4.28. The van der Waals surface area contributed by atoms with Crippen LogP contribution in [0.5, 0.6) is 0 Å². The first-order valence-corrected chi connectivity index (χ1v) is 8.27. The summed E-state index contributed by atoms with van der Waals surface area (Å²) in [6, 6.07) is 15.1. The van der Waals surface area contributed by atoms with Gasteiger partial charge in [0.25, 0.3) is 5.91 Å². The number of aryl methyl sites for hydroxylation is 2. The zero-order chi connectivity index (χ0) is 18.1. The van der Waals surface area contributed by atoms with E-state index in [1.54, 1.807) is 6.92 Å². The lowest BCUT2D eigenvalue weighted by atomic mass is 10.1. The van der Waals surface area contributed by atoms with Gasteiger partial charge in [0.05, 0.1) is 6.42 Å². The van der Waals surface area contributed by atoms with Gasteiger partial charge in [-0.25, -0.2) is 0 Å². The molecule has 0 saturated carbocycles. The van der Waals surface area contributed by atoms with Crippen LogP contribution in [0.3, 0.4) is 0 Å². The van der Waals surface area contributed by atoms with Gasteiger partial charge in [-0.3, -0.25) is 4.79 Å². The van der Waals surface area contributed by atoms with Crippen molar-refractivity contribution in [1.82, 2.24) is 10.2 Å². The molecule has 26 heavy (non-hydrogen) atoms. The number of hydrogen-bond acceptors (Lipinski definition) is 5. The van der Waals surface area contributed by atoms with Crippen molar-refractivity contribution in [2.45, 2.75) is 20.3 Å². The largest absolute Gasteiger partial charge is 0.451 e. The van der Waals surface area contributed by atoms with Gasteiger partial charge in [-0.1, -0.05) is 30.3 Å². The van der Waals surface area contributed by atoms with E-state index in [1.807, 2.05) is 55.5 Å². The highest BCUT2D eigenvalue weighted by Gasteiger charge is 2.17. The van der Waals surface area contributed by atoms with Gasteiger partial charge in [0.2, 0.25) is 11.8 Å². The van der Waals surface area contributed by atoms with E-state index in [1.165, 1.54) is 0 Å². The molecular formula is C20H17N3O3. The Balaban J connectivity index is 1.49. The zero-order valence-electron chi connectivity index (χ0n) is 14.4. The van der Waals surface area contributed by atoms with Crippen LogP contribution in [0.1, 0.15) is 33.5 Å². The highest BCUT2D eigenvalue weighted by Crippen LogP contribution is 2.25. The molecule has 0 unspecified atom stereocenters. The normalized spacial score (nSPS) is 11.0. The molecule has 2 aromatic heterocycles. The highest BCUT2D eigenvalue weighted by molar-refractivity contribution is 6.06. The summed E-state index contributed by atoms with van der Waals surface area (Å²) in [6.45, 7) is 3.64. The van der Waals surface area contributed by atoms with E-state index in [0.717, 1.165) is 16.5 Å².